The molecule has 9 heteroatoms. The second kappa shape index (κ2) is 5.68. The van der Waals surface area contributed by atoms with Gasteiger partial charge in [-0.2, -0.15) is 4.31 Å². The first-order chi connectivity index (χ1) is 9.80. The number of nitrogens with zero attached hydrogens (tertiary/aromatic N) is 2. The molecule has 0 bridgehead atoms. The third-order valence-electron chi connectivity index (χ3n) is 3.71. The lowest BCUT2D eigenvalue weighted by atomic mass is 9.91. The Hall–Kier alpha value is -1.55. The Morgan fingerprint density at radius 3 is 2.43 bits per heavy atom. The number of piperidine rings is 1. The van der Waals surface area contributed by atoms with Gasteiger partial charge in [-0.1, -0.05) is 12.1 Å². The van der Waals surface area contributed by atoms with E-state index in [1.54, 1.807) is 0 Å². The van der Waals surface area contributed by atoms with Crippen molar-refractivity contribution < 1.29 is 18.4 Å². The molecule has 0 radical (unpaired) electrons. The van der Waals surface area contributed by atoms with Crippen LogP contribution in [0.5, 0.6) is 0 Å². The zero-order chi connectivity index (χ0) is 15.7. The molecule has 0 spiro atoms. The fourth-order valence-electron chi connectivity index (χ4n) is 2.30. The monoisotopic (exact) mass is 315 g/mol. The molecule has 2 rings (SSSR count). The van der Waals surface area contributed by atoms with Crippen LogP contribution in [0.4, 0.5) is 5.69 Å². The van der Waals surface area contributed by atoms with Gasteiger partial charge in [-0.15, -0.1) is 0 Å². The molecule has 0 aromatic heterocycles. The number of nitrogens with two attached hydrogens (primary N) is 1. The number of rotatable bonds is 4. The predicted molar refractivity (Wildman–Crippen MR) is 75.1 cm³/mol. The van der Waals surface area contributed by atoms with Crippen LogP contribution in [0.25, 0.3) is 0 Å². The van der Waals surface area contributed by atoms with Crippen LogP contribution >= 0.6 is 0 Å². The molecule has 1 fully saturated rings. The summed E-state index contributed by atoms with van der Waals surface area (Å²) in [7, 11) is -3.94. The number of hydrogen-bond donors (Lipinski definition) is 2. The lowest BCUT2D eigenvalue weighted by Gasteiger charge is -2.37. The van der Waals surface area contributed by atoms with Crippen LogP contribution in [0.3, 0.4) is 0 Å². The summed E-state index contributed by atoms with van der Waals surface area (Å²) in [6, 6.07) is 5.26. The van der Waals surface area contributed by atoms with Gasteiger partial charge in [-0.05, 0) is 18.9 Å². The standard InChI is InChI=1S/C12H17N3O5S/c13-12(9-16)5-7-14(8-6-12)21(19,20)11-4-2-1-3-10(11)15(17)18/h1-4,16H,5-9,13H2. The van der Waals surface area contributed by atoms with Crippen molar-refractivity contribution in [1.82, 2.24) is 4.31 Å². The topological polar surface area (TPSA) is 127 Å². The zero-order valence-electron chi connectivity index (χ0n) is 11.3. The van der Waals surface area contributed by atoms with Gasteiger partial charge in [0.2, 0.25) is 10.0 Å². The minimum atomic E-state index is -3.94. The number of hydrogen-bond acceptors (Lipinski definition) is 6. The van der Waals surface area contributed by atoms with Crippen LogP contribution in [0.15, 0.2) is 29.2 Å². The number of para-hydroxylation sites is 1. The fourth-order valence-corrected chi connectivity index (χ4v) is 3.89. The SMILES string of the molecule is NC1(CO)CCN(S(=O)(=O)c2ccccc2[N+](=O)[O-])CC1. The molecule has 1 saturated heterocycles. The Balaban J connectivity index is 2.30. The van der Waals surface area contributed by atoms with Crippen molar-refractivity contribution in [3.63, 3.8) is 0 Å². The Morgan fingerprint density at radius 2 is 1.90 bits per heavy atom. The fraction of sp³-hybridized carbons (Fsp3) is 0.500. The Bertz CT molecular complexity index is 638. The first-order valence-corrected chi connectivity index (χ1v) is 7.87. The molecule has 0 aliphatic carbocycles. The molecule has 1 heterocycles. The second-order valence-electron chi connectivity index (χ2n) is 5.15. The smallest absolute Gasteiger partial charge is 0.289 e. The maximum atomic E-state index is 12.5. The minimum absolute atomic E-state index is 0.130. The molecule has 1 aromatic carbocycles. The van der Waals surface area contributed by atoms with E-state index in [4.69, 9.17) is 5.73 Å². The van der Waals surface area contributed by atoms with Gasteiger partial charge in [0, 0.05) is 24.7 Å². The summed E-state index contributed by atoms with van der Waals surface area (Å²) in [6.07, 6.45) is 0.618. The molecule has 8 nitrogen and oxygen atoms in total. The molecule has 1 aliphatic heterocycles. The summed E-state index contributed by atoms with van der Waals surface area (Å²) in [4.78, 5) is 9.94. The van der Waals surface area contributed by atoms with E-state index in [0.29, 0.717) is 12.8 Å². The van der Waals surface area contributed by atoms with Crippen molar-refractivity contribution in [2.24, 2.45) is 5.73 Å². The van der Waals surface area contributed by atoms with Crippen LogP contribution in [-0.2, 0) is 10.0 Å². The number of aliphatic hydroxyl groups is 1. The third-order valence-corrected chi connectivity index (χ3v) is 5.66. The van der Waals surface area contributed by atoms with Crippen molar-refractivity contribution in [3.8, 4) is 0 Å². The number of nitro benzene ring substituents is 1. The summed E-state index contributed by atoms with van der Waals surface area (Å²) in [5.41, 5.74) is 4.68. The van der Waals surface area contributed by atoms with Crippen LogP contribution in [0.2, 0.25) is 0 Å². The average molecular weight is 315 g/mol. The van der Waals surface area contributed by atoms with Crippen molar-refractivity contribution >= 4 is 15.7 Å². The minimum Gasteiger partial charge on any atom is -0.394 e. The van der Waals surface area contributed by atoms with Crippen molar-refractivity contribution in [2.45, 2.75) is 23.3 Å². The van der Waals surface area contributed by atoms with E-state index in [0.717, 1.165) is 6.07 Å². The van der Waals surface area contributed by atoms with Crippen LogP contribution in [0.1, 0.15) is 12.8 Å². The highest BCUT2D eigenvalue weighted by Gasteiger charge is 2.37. The Morgan fingerprint density at radius 1 is 1.33 bits per heavy atom. The summed E-state index contributed by atoms with van der Waals surface area (Å²) in [6.45, 7) is 0.0449. The van der Waals surface area contributed by atoms with Gasteiger partial charge in [0.1, 0.15) is 0 Å². The van der Waals surface area contributed by atoms with Gasteiger partial charge in [0.25, 0.3) is 5.69 Å². The van der Waals surface area contributed by atoms with Crippen LogP contribution < -0.4 is 5.73 Å². The largest absolute Gasteiger partial charge is 0.394 e. The molecule has 116 valence electrons. The van der Waals surface area contributed by atoms with E-state index in [2.05, 4.69) is 0 Å². The van der Waals surface area contributed by atoms with Gasteiger partial charge < -0.3 is 10.8 Å². The van der Waals surface area contributed by atoms with Gasteiger partial charge >= 0.3 is 0 Å². The summed E-state index contributed by atoms with van der Waals surface area (Å²) in [5.74, 6) is 0. The van der Waals surface area contributed by atoms with E-state index < -0.39 is 26.2 Å². The molecule has 21 heavy (non-hydrogen) atoms. The van der Waals surface area contributed by atoms with Gasteiger partial charge in [0.05, 0.1) is 11.5 Å². The van der Waals surface area contributed by atoms with Gasteiger partial charge in [0.15, 0.2) is 4.90 Å². The van der Waals surface area contributed by atoms with Crippen molar-refractivity contribution in [3.05, 3.63) is 34.4 Å². The van der Waals surface area contributed by atoms with Crippen LogP contribution in [0, 0.1) is 10.1 Å². The van der Waals surface area contributed by atoms with Crippen LogP contribution in [-0.4, -0.2) is 48.0 Å². The van der Waals surface area contributed by atoms with E-state index in [1.165, 1.54) is 22.5 Å². The van der Waals surface area contributed by atoms with Gasteiger partial charge in [-0.25, -0.2) is 8.42 Å². The molecule has 1 aromatic rings. The number of nitro groups is 1. The first-order valence-electron chi connectivity index (χ1n) is 6.43. The number of sulfonamides is 1. The lowest BCUT2D eigenvalue weighted by molar-refractivity contribution is -0.387. The third kappa shape index (κ3) is 3.05. The normalized spacial score (nSPS) is 19.3. The molecule has 3 N–H and O–H groups in total. The lowest BCUT2D eigenvalue weighted by Crippen LogP contribution is -2.53. The highest BCUT2D eigenvalue weighted by Crippen LogP contribution is 2.29. The Labute approximate surface area is 122 Å². The van der Waals surface area contributed by atoms with E-state index in [9.17, 15) is 23.6 Å². The average Bonchev–Trinajstić information content (AvgIpc) is 2.47. The molecule has 0 atom stereocenters. The van der Waals surface area contributed by atoms with E-state index in [1.807, 2.05) is 0 Å². The summed E-state index contributed by atoms with van der Waals surface area (Å²) in [5, 5.41) is 20.2. The van der Waals surface area contributed by atoms with Gasteiger partial charge in [-0.3, -0.25) is 10.1 Å². The number of benzene rings is 1. The zero-order valence-corrected chi connectivity index (χ0v) is 12.1. The molecular formula is C12H17N3O5S. The van der Waals surface area contributed by atoms with E-state index >= 15 is 0 Å². The van der Waals surface area contributed by atoms with Crippen molar-refractivity contribution in [2.75, 3.05) is 19.7 Å². The second-order valence-corrected chi connectivity index (χ2v) is 7.06. The van der Waals surface area contributed by atoms with Crippen molar-refractivity contribution in [1.29, 1.82) is 0 Å². The molecule has 1 aliphatic rings. The molecular weight excluding hydrogens is 298 g/mol. The molecule has 0 amide bonds. The maximum Gasteiger partial charge on any atom is 0.289 e. The number of aliphatic hydroxyl groups excluding tert-OH is 1. The first kappa shape index (κ1) is 15.8. The molecule has 0 saturated carbocycles. The predicted octanol–water partition coefficient (Wildman–Crippen LogP) is 0.0691. The highest BCUT2D eigenvalue weighted by atomic mass is 32.2. The summed E-state index contributed by atoms with van der Waals surface area (Å²) < 4.78 is 26.2. The Kier molecular flexibility index (Phi) is 4.28. The molecule has 0 unspecified atom stereocenters. The van der Waals surface area contributed by atoms with E-state index in [-0.39, 0.29) is 24.6 Å². The highest BCUT2D eigenvalue weighted by molar-refractivity contribution is 7.89. The maximum absolute atomic E-state index is 12.5. The quantitative estimate of drug-likeness (QED) is 0.598. The summed E-state index contributed by atoms with van der Waals surface area (Å²) >= 11 is 0.